The van der Waals surface area contributed by atoms with E-state index in [1.54, 1.807) is 77.9 Å². The number of Topliss-reactive ketones (excluding diaryl/α,β-unsaturated/α-hetero) is 2. The molecule has 7 rings (SSSR count). The van der Waals surface area contributed by atoms with Gasteiger partial charge >= 0.3 is 24.0 Å². The summed E-state index contributed by atoms with van der Waals surface area (Å²) in [6.07, 6.45) is -10.6. The molecule has 0 spiro atoms. The molecule has 25 nitrogen and oxygen atoms in total. The van der Waals surface area contributed by atoms with Crippen LogP contribution >= 0.6 is 0 Å². The number of benzene rings is 3. The third kappa shape index (κ3) is 17.5. The standard InChI is InChI=1S/C70H88F2N6O19/c1-37-47(35-70(92)60(96-63(89)41-20-14-11-15-21-41)58-68(8)36-93-49(68)34-48(80)69(58,9)59(86)56(85)54(37)67(70,6)7)94-64(90)57(55(40-18-12-10-13-19-40)78-65(91)97-66(3,4)5)95-53(84)30-29-50(81)75-31-17-16-22-45(62(74)88)77-52(83)28-25-42(61(73)87)33-46(79)38(2)76-51(82)27-24-39-23-26-43(71)44(72)32-39/h10-15,18-21,23-24,26-27,32,38,42,45,47-49,55-58,60,80,85,92H,16-17,22,25,28-31,33-36H2,1-9H3,(H2,73,87)(H2,74,88)(H,75,81)(H,76,82)(H,77,83)(H,78,91)/b27-24+/t38?,42-,45?,47+,48+,49-,55-,56-,57-,58-,60+,68-,69-,70-/m1/s1. The van der Waals surface area contributed by atoms with Crippen LogP contribution in [0.5, 0.6) is 0 Å². The van der Waals surface area contributed by atoms with Crippen LogP contribution in [-0.2, 0) is 66.8 Å². The van der Waals surface area contributed by atoms with E-state index in [0.29, 0.717) is 0 Å². The number of hydrogen-bond acceptors (Lipinski definition) is 19. The number of carbonyl (C=O) groups excluding carboxylic acids is 11. The Morgan fingerprint density at radius 1 is 0.804 bits per heavy atom. The molecule has 2 saturated carbocycles. The summed E-state index contributed by atoms with van der Waals surface area (Å²) in [7, 11) is 0. The van der Waals surface area contributed by atoms with Gasteiger partial charge in [0.25, 0.3) is 0 Å². The van der Waals surface area contributed by atoms with E-state index in [4.69, 9.17) is 35.2 Å². The SMILES string of the molecule is CC1=C2[C@@H](O)C(=O)[C@@]3(C)[C@H]([C@H](OC(=O)c4ccccc4)[C@](O)(C[C@@H]1OC(=O)[C@H](OC(=O)CCC(=O)NCCCCC(NC(=O)CC[C@H](CC(=O)C(C)NC(=O)/C=C/c1ccc(F)c(F)c1)C(N)=O)C(N)=O)[C@H](NC(=O)OC(C)(C)C)c1ccccc1)C2(C)C)[C@]1(C)CO[C@@H]1C[C@@H]3O. The van der Waals surface area contributed by atoms with E-state index >= 15 is 9.59 Å². The van der Waals surface area contributed by atoms with Crippen molar-refractivity contribution in [3.8, 4) is 0 Å². The molecule has 97 heavy (non-hydrogen) atoms. The van der Waals surface area contributed by atoms with Crippen LogP contribution in [0.2, 0.25) is 0 Å². The van der Waals surface area contributed by atoms with Crippen molar-refractivity contribution in [1.82, 2.24) is 21.3 Å². The molecule has 6 amide bonds. The van der Waals surface area contributed by atoms with Gasteiger partial charge in [-0.1, -0.05) is 75.4 Å². The van der Waals surface area contributed by atoms with Gasteiger partial charge in [-0.05, 0) is 120 Å². The number of hydrogen-bond donors (Lipinski definition) is 9. The third-order valence-electron chi connectivity index (χ3n) is 19.2. The molecule has 3 fully saturated rings. The Kier molecular flexibility index (Phi) is 24.3. The van der Waals surface area contributed by atoms with E-state index in [1.807, 2.05) is 0 Å². The van der Waals surface area contributed by atoms with Gasteiger partial charge in [-0.25, -0.2) is 23.2 Å². The number of aliphatic hydroxyl groups excluding tert-OH is 2. The highest BCUT2D eigenvalue weighted by atomic mass is 19.2. The van der Waals surface area contributed by atoms with Crippen LogP contribution in [0, 0.1) is 39.7 Å². The highest BCUT2D eigenvalue weighted by Crippen LogP contribution is 2.66. The minimum Gasteiger partial charge on any atom is -0.455 e. The molecule has 27 heteroatoms. The number of nitrogens with two attached hydrogens (primary N) is 2. The zero-order chi connectivity index (χ0) is 71.7. The highest BCUT2D eigenvalue weighted by molar-refractivity contribution is 5.97. The van der Waals surface area contributed by atoms with Crippen LogP contribution in [0.25, 0.3) is 6.08 Å². The van der Waals surface area contributed by atoms with Gasteiger partial charge in [0, 0.05) is 67.4 Å². The summed E-state index contributed by atoms with van der Waals surface area (Å²) in [5.74, 6) is -13.2. The molecule has 1 heterocycles. The summed E-state index contributed by atoms with van der Waals surface area (Å²) in [4.78, 5) is 149. The number of alkyl carbamates (subject to hydrolysis) is 1. The lowest BCUT2D eigenvalue weighted by atomic mass is 9.42. The van der Waals surface area contributed by atoms with Crippen LogP contribution in [0.15, 0.2) is 96.1 Å². The van der Waals surface area contributed by atoms with Gasteiger partial charge < -0.3 is 71.7 Å². The fourth-order valence-corrected chi connectivity index (χ4v) is 13.6. The van der Waals surface area contributed by atoms with Crippen molar-refractivity contribution in [2.75, 3.05) is 13.2 Å². The average Bonchev–Trinajstić information content (AvgIpc) is 0.674. The smallest absolute Gasteiger partial charge is 0.408 e. The van der Waals surface area contributed by atoms with Gasteiger partial charge in [0.15, 0.2) is 23.2 Å². The number of esters is 3. The second-order valence-electron chi connectivity index (χ2n) is 27.4. The maximum absolute atomic E-state index is 15.2. The van der Waals surface area contributed by atoms with E-state index < -0.39 is 196 Å². The molecule has 14 atom stereocenters. The number of unbranched alkanes of at least 4 members (excludes halogenated alkanes) is 1. The molecule has 11 N–H and O–H groups in total. The monoisotopic (exact) mass is 1350 g/mol. The summed E-state index contributed by atoms with van der Waals surface area (Å²) in [5, 5.41) is 48.4. The Bertz CT molecular complexity index is 3540. The number of ether oxygens (including phenoxy) is 5. The zero-order valence-corrected chi connectivity index (χ0v) is 55.8. The van der Waals surface area contributed by atoms with Crippen molar-refractivity contribution in [2.24, 2.45) is 39.5 Å². The molecule has 2 bridgehead atoms. The normalized spacial score (nSPS) is 25.6. The minimum absolute atomic E-state index is 0.00900. The lowest BCUT2D eigenvalue weighted by molar-refractivity contribution is -0.313. The van der Waals surface area contributed by atoms with Crippen LogP contribution < -0.4 is 32.7 Å². The number of aliphatic hydroxyl groups is 3. The van der Waals surface area contributed by atoms with Crippen molar-refractivity contribution in [3.63, 3.8) is 0 Å². The summed E-state index contributed by atoms with van der Waals surface area (Å²) >= 11 is 0. The molecule has 1 aliphatic heterocycles. The fraction of sp³-hybridized carbons (Fsp3) is 0.529. The molecule has 3 aromatic rings. The molecule has 1 saturated heterocycles. The Hall–Kier alpha value is -8.79. The molecule has 3 aliphatic carbocycles. The fourth-order valence-electron chi connectivity index (χ4n) is 13.6. The second-order valence-corrected chi connectivity index (χ2v) is 27.4. The van der Waals surface area contributed by atoms with Crippen molar-refractivity contribution < 1.29 is 101 Å². The molecule has 2 unspecified atom stereocenters. The molecule has 0 aromatic heterocycles. The van der Waals surface area contributed by atoms with Gasteiger partial charge in [0.1, 0.15) is 41.6 Å². The summed E-state index contributed by atoms with van der Waals surface area (Å²) in [6, 6.07) is 14.9. The molecule has 526 valence electrons. The minimum atomic E-state index is -2.34. The van der Waals surface area contributed by atoms with Gasteiger partial charge in [-0.3, -0.25) is 38.4 Å². The second kappa shape index (κ2) is 31.2. The number of rotatable bonds is 28. The zero-order valence-electron chi connectivity index (χ0n) is 55.8. The quantitative estimate of drug-likeness (QED) is 0.0154. The number of fused-ring (bicyclic) bond motifs is 5. The first-order chi connectivity index (χ1) is 45.4. The first-order valence-electron chi connectivity index (χ1n) is 32.2. The van der Waals surface area contributed by atoms with E-state index in [1.165, 1.54) is 57.2 Å². The van der Waals surface area contributed by atoms with Crippen molar-refractivity contribution in [3.05, 3.63) is 124 Å². The van der Waals surface area contributed by atoms with Crippen LogP contribution in [0.4, 0.5) is 13.6 Å². The van der Waals surface area contributed by atoms with E-state index in [9.17, 15) is 67.3 Å². The lowest BCUT2D eigenvalue weighted by Gasteiger charge is -2.68. The molecular formula is C70H88F2N6O19. The Balaban J connectivity index is 1.01. The Morgan fingerprint density at radius 3 is 2.07 bits per heavy atom. The van der Waals surface area contributed by atoms with Gasteiger partial charge in [0.2, 0.25) is 35.6 Å². The number of primary amides is 2. The molecule has 4 aliphatic rings. The number of amides is 6. The average molecular weight is 1360 g/mol. The maximum Gasteiger partial charge on any atom is 0.408 e. The number of halogens is 2. The van der Waals surface area contributed by atoms with Gasteiger partial charge in [0.05, 0.1) is 42.3 Å². The number of carbonyl (C=O) groups is 11. The maximum atomic E-state index is 15.2. The van der Waals surface area contributed by atoms with Crippen LogP contribution in [0.3, 0.4) is 0 Å². The molecule has 3 aromatic carbocycles. The first-order valence-corrected chi connectivity index (χ1v) is 32.2. The predicted octanol–water partition coefficient (Wildman–Crippen LogP) is 4.89. The summed E-state index contributed by atoms with van der Waals surface area (Å²) < 4.78 is 57.1. The number of ketones is 2. The Labute approximate surface area is 560 Å². The van der Waals surface area contributed by atoms with Crippen molar-refractivity contribution in [2.45, 2.75) is 192 Å². The predicted molar refractivity (Wildman–Crippen MR) is 343 cm³/mol. The highest BCUT2D eigenvalue weighted by Gasteiger charge is 2.75. The van der Waals surface area contributed by atoms with E-state index in [0.717, 1.165) is 18.2 Å². The number of nitrogens with one attached hydrogen (secondary N) is 4. The summed E-state index contributed by atoms with van der Waals surface area (Å²) in [6.45, 7) is 14.1. The molecule has 0 radical (unpaired) electrons. The summed E-state index contributed by atoms with van der Waals surface area (Å²) in [5.41, 5.74) is 3.67. The van der Waals surface area contributed by atoms with Crippen LogP contribution in [0.1, 0.15) is 154 Å². The third-order valence-corrected chi connectivity index (χ3v) is 19.2. The lowest BCUT2D eigenvalue weighted by Crippen LogP contribution is -2.77. The van der Waals surface area contributed by atoms with E-state index in [-0.39, 0.29) is 79.5 Å². The first kappa shape index (κ1) is 75.6. The van der Waals surface area contributed by atoms with Crippen molar-refractivity contribution >= 4 is 71.2 Å². The Morgan fingerprint density at radius 2 is 1.46 bits per heavy atom. The largest absolute Gasteiger partial charge is 0.455 e. The van der Waals surface area contributed by atoms with Gasteiger partial charge in [-0.2, -0.15) is 0 Å². The topological polar surface area (TPSA) is 395 Å². The van der Waals surface area contributed by atoms with Gasteiger partial charge in [-0.15, -0.1) is 0 Å². The molecular weight excluding hydrogens is 1270 g/mol. The van der Waals surface area contributed by atoms with Crippen molar-refractivity contribution in [1.29, 1.82) is 0 Å². The van der Waals surface area contributed by atoms with E-state index in [2.05, 4.69) is 21.3 Å². The van der Waals surface area contributed by atoms with Crippen LogP contribution in [-0.4, -0.2) is 153 Å².